The van der Waals surface area contributed by atoms with E-state index in [1.165, 1.54) is 140 Å². The van der Waals surface area contributed by atoms with Crippen LogP contribution in [0.5, 0.6) is 0 Å². The van der Waals surface area contributed by atoms with Gasteiger partial charge in [-0.1, -0.05) is 216 Å². The summed E-state index contributed by atoms with van der Waals surface area (Å²) >= 11 is 0. The molecular weight excluding hydrogens is 577 g/mol. The predicted octanol–water partition coefficient (Wildman–Crippen LogP) is 16.9. The van der Waals surface area contributed by atoms with Gasteiger partial charge in [-0.2, -0.15) is 0 Å². The second-order valence-corrected chi connectivity index (χ2v) is 13.2. The Morgan fingerprint density at radius 1 is 0.438 bits per heavy atom. The third-order valence-corrected chi connectivity index (χ3v) is 8.53. The molecule has 0 heterocycles. The number of rotatable bonds is 24. The lowest BCUT2D eigenvalue weighted by Gasteiger charge is -2.05. The Kier molecular flexibility index (Phi) is 40.2. The first kappa shape index (κ1) is 47.5. The van der Waals surface area contributed by atoms with Gasteiger partial charge in [-0.25, -0.2) is 0 Å². The highest BCUT2D eigenvalue weighted by Gasteiger charge is 1.98. The van der Waals surface area contributed by atoms with Crippen molar-refractivity contribution in [2.24, 2.45) is 0 Å². The topological polar surface area (TPSA) is 0 Å². The molecule has 0 saturated heterocycles. The smallest absolute Gasteiger partial charge is 0.00104 e. The van der Waals surface area contributed by atoms with Crippen molar-refractivity contribution in [3.05, 3.63) is 121 Å². The Morgan fingerprint density at radius 2 is 0.792 bits per heavy atom. The van der Waals surface area contributed by atoms with Crippen LogP contribution in [0.4, 0.5) is 0 Å². The predicted molar refractivity (Wildman–Crippen MR) is 223 cm³/mol. The summed E-state index contributed by atoms with van der Waals surface area (Å²) in [7, 11) is 0. The number of hydrogen-bond acceptors (Lipinski definition) is 0. The molecule has 2 unspecified atom stereocenters. The zero-order valence-electron chi connectivity index (χ0n) is 32.9. The lowest BCUT2D eigenvalue weighted by Crippen LogP contribution is -1.87. The van der Waals surface area contributed by atoms with Gasteiger partial charge in [0.15, 0.2) is 0 Å². The van der Waals surface area contributed by atoms with Crippen LogP contribution in [0.15, 0.2) is 110 Å². The van der Waals surface area contributed by atoms with E-state index in [4.69, 9.17) is 0 Å². The maximum atomic E-state index is 3.74. The van der Waals surface area contributed by atoms with Crippen molar-refractivity contribution >= 4 is 0 Å². The number of allylic oxidation sites excluding steroid dienone is 6. The molecule has 0 spiro atoms. The van der Waals surface area contributed by atoms with Gasteiger partial charge in [-0.05, 0) is 74.3 Å². The monoisotopic (exact) mass is 657 g/mol. The lowest BCUT2D eigenvalue weighted by molar-refractivity contribution is 0.665. The Labute approximate surface area is 302 Å². The normalized spacial score (nSPS) is 11.8. The van der Waals surface area contributed by atoms with Crippen LogP contribution in [0, 0.1) is 0 Å². The molecule has 2 rings (SSSR count). The van der Waals surface area contributed by atoms with Crippen molar-refractivity contribution in [1.82, 2.24) is 0 Å². The van der Waals surface area contributed by atoms with Crippen molar-refractivity contribution < 1.29 is 0 Å². The fourth-order valence-electron chi connectivity index (χ4n) is 5.08. The second kappa shape index (κ2) is 40.6. The van der Waals surface area contributed by atoms with E-state index in [1.807, 2.05) is 18.2 Å². The molecule has 0 heteroatoms. The van der Waals surface area contributed by atoms with Crippen molar-refractivity contribution in [2.75, 3.05) is 0 Å². The Bertz CT molecular complexity index is 921. The fourth-order valence-corrected chi connectivity index (χ4v) is 5.08. The van der Waals surface area contributed by atoms with Crippen molar-refractivity contribution in [1.29, 1.82) is 0 Å². The fraction of sp³-hybridized carbons (Fsp3) is 0.583. The quantitative estimate of drug-likeness (QED) is 0.0779. The molecule has 2 atom stereocenters. The summed E-state index contributed by atoms with van der Waals surface area (Å²) in [4.78, 5) is 0. The maximum absolute atomic E-state index is 3.74. The van der Waals surface area contributed by atoms with Crippen LogP contribution >= 0.6 is 0 Å². The van der Waals surface area contributed by atoms with Crippen molar-refractivity contribution in [3.8, 4) is 0 Å². The van der Waals surface area contributed by atoms with E-state index in [9.17, 15) is 0 Å². The SMILES string of the molecule is C=CC(C)c1ccccc1.C=CCCCCCC.CCCCCCC=CC(C)c1ccccc1.CCCCCCC=CCCCCCC. The van der Waals surface area contributed by atoms with Gasteiger partial charge in [0.2, 0.25) is 0 Å². The number of unbranched alkanes of at least 4 members (excludes halogenated alkanes) is 16. The Balaban J connectivity index is 0. The average Bonchev–Trinajstić information content (AvgIpc) is 3.13. The van der Waals surface area contributed by atoms with Gasteiger partial charge >= 0.3 is 0 Å². The van der Waals surface area contributed by atoms with E-state index in [-0.39, 0.29) is 0 Å². The number of hydrogen-bond donors (Lipinski definition) is 0. The lowest BCUT2D eigenvalue weighted by atomic mass is 10.0. The third kappa shape index (κ3) is 34.7. The first-order valence-electron chi connectivity index (χ1n) is 20.2. The van der Waals surface area contributed by atoms with E-state index in [0.29, 0.717) is 11.8 Å². The highest BCUT2D eigenvalue weighted by molar-refractivity contribution is 5.23. The zero-order valence-corrected chi connectivity index (χ0v) is 32.9. The highest BCUT2D eigenvalue weighted by Crippen LogP contribution is 2.17. The largest absolute Gasteiger partial charge is 0.103 e. The average molecular weight is 657 g/mol. The molecule has 0 nitrogen and oxygen atoms in total. The molecule has 48 heavy (non-hydrogen) atoms. The van der Waals surface area contributed by atoms with Gasteiger partial charge in [0, 0.05) is 0 Å². The van der Waals surface area contributed by atoms with E-state index in [1.54, 1.807) is 0 Å². The minimum absolute atomic E-state index is 0.473. The third-order valence-electron chi connectivity index (χ3n) is 8.53. The molecule has 0 aliphatic heterocycles. The minimum atomic E-state index is 0.473. The molecule has 0 saturated carbocycles. The van der Waals surface area contributed by atoms with Gasteiger partial charge in [0.25, 0.3) is 0 Å². The van der Waals surface area contributed by atoms with E-state index < -0.39 is 0 Å². The van der Waals surface area contributed by atoms with Crippen molar-refractivity contribution in [2.45, 2.75) is 182 Å². The molecular formula is C48H80. The van der Waals surface area contributed by atoms with Gasteiger partial charge in [0.1, 0.15) is 0 Å². The Hall–Kier alpha value is -2.60. The van der Waals surface area contributed by atoms with Crippen LogP contribution in [-0.4, -0.2) is 0 Å². The van der Waals surface area contributed by atoms with E-state index >= 15 is 0 Å². The molecule has 0 aliphatic carbocycles. The Morgan fingerprint density at radius 3 is 1.15 bits per heavy atom. The van der Waals surface area contributed by atoms with E-state index in [0.717, 1.165) is 0 Å². The van der Waals surface area contributed by atoms with Crippen LogP contribution in [-0.2, 0) is 0 Å². The van der Waals surface area contributed by atoms with Crippen LogP contribution in [0.3, 0.4) is 0 Å². The standard InChI is InChI=1S/C16H24.C14H28.C10H12.C8H16/c1-3-4-5-6-7-9-12-15(2)16-13-10-8-11-14-16;1-3-5-7-9-11-13-14-12-10-8-6-4-2;1-3-9(2)10-7-5-4-6-8-10;1-3-5-7-8-6-4-2/h8-15H,3-7H2,1-2H3;13-14H,3-12H2,1-2H3;3-9H,1H2,2H3;3H,1,4-8H2,2H3. The van der Waals surface area contributed by atoms with Crippen molar-refractivity contribution in [3.63, 3.8) is 0 Å². The summed E-state index contributed by atoms with van der Waals surface area (Å²) in [5.74, 6) is 1.02. The first-order chi connectivity index (χ1) is 23.5. The summed E-state index contributed by atoms with van der Waals surface area (Å²) < 4.78 is 0. The van der Waals surface area contributed by atoms with Gasteiger partial charge in [-0.15, -0.1) is 13.2 Å². The summed E-state index contributed by atoms with van der Waals surface area (Å²) in [6, 6.07) is 21.1. The molecule has 2 aromatic carbocycles. The maximum Gasteiger partial charge on any atom is -0.00104 e. The molecule has 0 amide bonds. The summed E-state index contributed by atoms with van der Waals surface area (Å²) in [5, 5.41) is 0. The molecule has 0 fully saturated rings. The van der Waals surface area contributed by atoms with Crippen LogP contribution in [0.25, 0.3) is 0 Å². The van der Waals surface area contributed by atoms with Crippen LogP contribution < -0.4 is 0 Å². The first-order valence-corrected chi connectivity index (χ1v) is 20.2. The summed E-state index contributed by atoms with van der Waals surface area (Å²) in [6.07, 6.45) is 40.4. The molecule has 0 N–H and O–H groups in total. The molecule has 0 radical (unpaired) electrons. The number of benzene rings is 2. The zero-order chi connectivity index (χ0) is 35.8. The molecule has 272 valence electrons. The molecule has 0 bridgehead atoms. The molecule has 0 aromatic heterocycles. The molecule has 0 aliphatic rings. The van der Waals surface area contributed by atoms with Crippen LogP contribution in [0.2, 0.25) is 0 Å². The minimum Gasteiger partial charge on any atom is -0.103 e. The second-order valence-electron chi connectivity index (χ2n) is 13.2. The van der Waals surface area contributed by atoms with Gasteiger partial charge in [-0.3, -0.25) is 0 Å². The van der Waals surface area contributed by atoms with Gasteiger partial charge < -0.3 is 0 Å². The molecule has 2 aromatic rings. The summed E-state index contributed by atoms with van der Waals surface area (Å²) in [6.45, 7) is 20.8. The highest BCUT2D eigenvalue weighted by atomic mass is 14.0. The van der Waals surface area contributed by atoms with E-state index in [2.05, 4.69) is 134 Å². The van der Waals surface area contributed by atoms with Gasteiger partial charge in [0.05, 0.1) is 0 Å². The van der Waals surface area contributed by atoms with Crippen LogP contribution in [0.1, 0.15) is 193 Å². The summed E-state index contributed by atoms with van der Waals surface area (Å²) in [5.41, 5.74) is 2.74.